The van der Waals surface area contributed by atoms with Crippen molar-refractivity contribution < 1.29 is 17.9 Å². The van der Waals surface area contributed by atoms with Gasteiger partial charge in [0.1, 0.15) is 0 Å². The van der Waals surface area contributed by atoms with Gasteiger partial charge >= 0.3 is 6.18 Å². The maximum atomic E-state index is 12.5. The van der Waals surface area contributed by atoms with Gasteiger partial charge in [-0.15, -0.1) is 0 Å². The van der Waals surface area contributed by atoms with E-state index in [4.69, 9.17) is 4.74 Å². The third-order valence-corrected chi connectivity index (χ3v) is 3.19. The Labute approximate surface area is 123 Å². The number of hydrogen-bond acceptors (Lipinski definition) is 3. The molecule has 0 aliphatic heterocycles. The molecule has 122 valence electrons. The Balaban J connectivity index is 2.97. The first-order valence-corrected chi connectivity index (χ1v) is 7.32. The van der Waals surface area contributed by atoms with Crippen LogP contribution in [0.4, 0.5) is 13.2 Å². The first-order chi connectivity index (χ1) is 9.92. The molecule has 0 spiro atoms. The monoisotopic (exact) mass is 307 g/mol. The van der Waals surface area contributed by atoms with E-state index in [0.717, 1.165) is 12.8 Å². The van der Waals surface area contributed by atoms with E-state index in [2.05, 4.69) is 10.4 Å². The van der Waals surface area contributed by atoms with E-state index in [1.54, 1.807) is 10.9 Å². The van der Waals surface area contributed by atoms with Gasteiger partial charge in [0.2, 0.25) is 0 Å². The number of hydrogen-bond donors (Lipinski definition) is 1. The van der Waals surface area contributed by atoms with Crippen LogP contribution < -0.4 is 10.1 Å². The molecule has 1 atom stereocenters. The largest absolute Gasteiger partial charge is 0.493 e. The Bertz CT molecular complexity index is 418. The van der Waals surface area contributed by atoms with Crippen LogP contribution in [0.25, 0.3) is 0 Å². The molecule has 0 amide bonds. The van der Waals surface area contributed by atoms with Gasteiger partial charge in [0, 0.05) is 13.0 Å². The number of alkyl halides is 3. The number of aromatic nitrogens is 2. The van der Waals surface area contributed by atoms with Crippen LogP contribution >= 0.6 is 0 Å². The molecule has 1 aromatic rings. The van der Waals surface area contributed by atoms with Crippen molar-refractivity contribution in [1.29, 1.82) is 0 Å². The predicted octanol–water partition coefficient (Wildman–Crippen LogP) is 3.68. The zero-order chi connectivity index (χ0) is 15.9. The van der Waals surface area contributed by atoms with Crippen LogP contribution in [0, 0.1) is 0 Å². The van der Waals surface area contributed by atoms with Gasteiger partial charge in [0.15, 0.2) is 5.75 Å². The SMILES string of the molecule is CCCNC(CCC(F)(F)F)c1c(OC)cnn1CCC. The van der Waals surface area contributed by atoms with Crippen LogP contribution in [-0.4, -0.2) is 29.6 Å². The number of halogens is 3. The van der Waals surface area contributed by atoms with E-state index in [-0.39, 0.29) is 6.42 Å². The minimum absolute atomic E-state index is 0.0186. The molecule has 7 heteroatoms. The summed E-state index contributed by atoms with van der Waals surface area (Å²) in [5.41, 5.74) is 0.706. The van der Waals surface area contributed by atoms with Crippen molar-refractivity contribution in [2.24, 2.45) is 0 Å². The molecule has 21 heavy (non-hydrogen) atoms. The lowest BCUT2D eigenvalue weighted by atomic mass is 10.1. The standard InChI is InChI=1S/C14H24F3N3O/c1-4-8-18-11(6-7-14(15,16)17)13-12(21-3)10-19-20(13)9-5-2/h10-11,18H,4-9H2,1-3H3. The minimum atomic E-state index is -4.16. The Kier molecular flexibility index (Phi) is 7.01. The lowest BCUT2D eigenvalue weighted by Crippen LogP contribution is -2.27. The summed E-state index contributed by atoms with van der Waals surface area (Å²) in [6, 6.07) is -0.407. The van der Waals surface area contributed by atoms with Gasteiger partial charge in [-0.3, -0.25) is 4.68 Å². The fourth-order valence-electron chi connectivity index (χ4n) is 2.24. The summed E-state index contributed by atoms with van der Waals surface area (Å²) < 4.78 is 44.6. The molecule has 0 saturated carbocycles. The zero-order valence-electron chi connectivity index (χ0n) is 12.8. The van der Waals surface area contributed by atoms with E-state index in [1.807, 2.05) is 13.8 Å². The summed E-state index contributed by atoms with van der Waals surface area (Å²) in [5.74, 6) is 0.541. The minimum Gasteiger partial charge on any atom is -0.493 e. The topological polar surface area (TPSA) is 39.1 Å². The second-order valence-corrected chi connectivity index (χ2v) is 4.98. The lowest BCUT2D eigenvalue weighted by Gasteiger charge is -2.21. The highest BCUT2D eigenvalue weighted by Gasteiger charge is 2.30. The van der Waals surface area contributed by atoms with Crippen molar-refractivity contribution in [2.45, 2.75) is 58.3 Å². The van der Waals surface area contributed by atoms with Gasteiger partial charge in [-0.2, -0.15) is 18.3 Å². The smallest absolute Gasteiger partial charge is 0.389 e. The summed E-state index contributed by atoms with van der Waals surface area (Å²) in [7, 11) is 1.51. The van der Waals surface area contributed by atoms with E-state index in [0.29, 0.717) is 24.5 Å². The fourth-order valence-corrected chi connectivity index (χ4v) is 2.24. The second kappa shape index (κ2) is 8.26. The maximum Gasteiger partial charge on any atom is 0.389 e. The highest BCUT2D eigenvalue weighted by molar-refractivity contribution is 5.28. The number of rotatable bonds is 9. The molecule has 0 saturated heterocycles. The summed E-state index contributed by atoms with van der Waals surface area (Å²) in [4.78, 5) is 0. The number of nitrogens with one attached hydrogen (secondary N) is 1. The normalized spacial score (nSPS) is 13.4. The quantitative estimate of drug-likeness (QED) is 0.756. The van der Waals surface area contributed by atoms with Crippen molar-refractivity contribution >= 4 is 0 Å². The lowest BCUT2D eigenvalue weighted by molar-refractivity contribution is -0.136. The molecule has 0 fully saturated rings. The third-order valence-electron chi connectivity index (χ3n) is 3.19. The van der Waals surface area contributed by atoms with Crippen molar-refractivity contribution in [1.82, 2.24) is 15.1 Å². The van der Waals surface area contributed by atoms with Crippen LogP contribution in [-0.2, 0) is 6.54 Å². The van der Waals surface area contributed by atoms with Gasteiger partial charge in [-0.25, -0.2) is 0 Å². The number of nitrogens with zero attached hydrogens (tertiary/aromatic N) is 2. The molecule has 1 aromatic heterocycles. The van der Waals surface area contributed by atoms with Crippen LogP contribution in [0.1, 0.15) is 51.3 Å². The van der Waals surface area contributed by atoms with Gasteiger partial charge in [-0.05, 0) is 25.8 Å². The van der Waals surface area contributed by atoms with Crippen molar-refractivity contribution in [2.75, 3.05) is 13.7 Å². The molecular weight excluding hydrogens is 283 g/mol. The van der Waals surface area contributed by atoms with Gasteiger partial charge < -0.3 is 10.1 Å². The zero-order valence-corrected chi connectivity index (χ0v) is 12.8. The van der Waals surface area contributed by atoms with Gasteiger partial charge in [0.25, 0.3) is 0 Å². The summed E-state index contributed by atoms with van der Waals surface area (Å²) in [6.45, 7) is 5.30. The molecular formula is C14H24F3N3O. The van der Waals surface area contributed by atoms with E-state index in [1.165, 1.54) is 7.11 Å². The Morgan fingerprint density at radius 1 is 1.33 bits per heavy atom. The van der Waals surface area contributed by atoms with Crippen LogP contribution in [0.2, 0.25) is 0 Å². The molecule has 1 heterocycles. The Morgan fingerprint density at radius 3 is 2.57 bits per heavy atom. The predicted molar refractivity (Wildman–Crippen MR) is 75.4 cm³/mol. The van der Waals surface area contributed by atoms with Gasteiger partial charge in [-0.1, -0.05) is 13.8 Å². The molecule has 1 unspecified atom stereocenters. The number of methoxy groups -OCH3 is 1. The van der Waals surface area contributed by atoms with E-state index in [9.17, 15) is 13.2 Å². The molecule has 1 N–H and O–H groups in total. The van der Waals surface area contributed by atoms with E-state index < -0.39 is 18.6 Å². The molecule has 0 bridgehead atoms. The Hall–Kier alpha value is -1.24. The van der Waals surface area contributed by atoms with Gasteiger partial charge in [0.05, 0.1) is 25.0 Å². The van der Waals surface area contributed by atoms with Crippen molar-refractivity contribution in [3.63, 3.8) is 0 Å². The molecule has 1 rings (SSSR count). The molecule has 4 nitrogen and oxygen atoms in total. The van der Waals surface area contributed by atoms with Crippen molar-refractivity contribution in [3.05, 3.63) is 11.9 Å². The fraction of sp³-hybridized carbons (Fsp3) is 0.786. The molecule has 0 radical (unpaired) electrons. The average Bonchev–Trinajstić information content (AvgIpc) is 2.81. The van der Waals surface area contributed by atoms with Crippen LogP contribution in [0.3, 0.4) is 0 Å². The van der Waals surface area contributed by atoms with Crippen LogP contribution in [0.5, 0.6) is 5.75 Å². The molecule has 0 aliphatic carbocycles. The first kappa shape index (κ1) is 17.8. The number of aryl methyl sites for hydroxylation is 1. The summed E-state index contributed by atoms with van der Waals surface area (Å²) in [6.07, 6.45) is -1.72. The van der Waals surface area contributed by atoms with E-state index >= 15 is 0 Å². The maximum absolute atomic E-state index is 12.5. The highest BCUT2D eigenvalue weighted by Crippen LogP contribution is 2.32. The number of ether oxygens (including phenoxy) is 1. The molecule has 0 aromatic carbocycles. The highest BCUT2D eigenvalue weighted by atomic mass is 19.4. The van der Waals surface area contributed by atoms with Crippen molar-refractivity contribution in [3.8, 4) is 5.75 Å². The summed E-state index contributed by atoms with van der Waals surface area (Å²) in [5, 5.41) is 7.40. The average molecular weight is 307 g/mol. The third kappa shape index (κ3) is 5.57. The second-order valence-electron chi connectivity index (χ2n) is 4.98. The Morgan fingerprint density at radius 2 is 2.05 bits per heavy atom. The summed E-state index contributed by atoms with van der Waals surface area (Å²) >= 11 is 0. The van der Waals surface area contributed by atoms with Crippen LogP contribution in [0.15, 0.2) is 6.20 Å². The first-order valence-electron chi connectivity index (χ1n) is 7.32. The molecule has 0 aliphatic rings.